The van der Waals surface area contributed by atoms with E-state index in [0.29, 0.717) is 19.3 Å². The number of Topliss-reactive ketones (excluding diaryl/α,β-unsaturated/α-hetero) is 1. The Labute approximate surface area is 214 Å². The van der Waals surface area contributed by atoms with Crippen LogP contribution in [0.15, 0.2) is 35.0 Å². The fourth-order valence-corrected chi connectivity index (χ4v) is 8.35. The maximum absolute atomic E-state index is 13.9. The molecular formula is C26H30O10S. The van der Waals surface area contributed by atoms with Gasteiger partial charge < -0.3 is 18.7 Å². The van der Waals surface area contributed by atoms with E-state index in [1.165, 1.54) is 18.4 Å². The lowest BCUT2D eigenvalue weighted by Gasteiger charge is -2.62. The zero-order valence-electron chi connectivity index (χ0n) is 20.9. The second kappa shape index (κ2) is 8.36. The van der Waals surface area contributed by atoms with Crippen LogP contribution >= 0.6 is 0 Å². The smallest absolute Gasteiger partial charge is 0.374 e. The van der Waals surface area contributed by atoms with Crippen molar-refractivity contribution in [2.75, 3.05) is 12.9 Å². The van der Waals surface area contributed by atoms with Crippen molar-refractivity contribution in [2.45, 2.75) is 51.7 Å². The van der Waals surface area contributed by atoms with Gasteiger partial charge in [0.1, 0.15) is 19.0 Å². The fraction of sp³-hybridized carbons (Fsp3) is 0.615. The van der Waals surface area contributed by atoms with Crippen molar-refractivity contribution in [3.8, 4) is 0 Å². The molecule has 1 aliphatic heterocycles. The molecule has 4 aliphatic rings. The van der Waals surface area contributed by atoms with Crippen LogP contribution in [0.3, 0.4) is 0 Å². The number of carbonyl (C=O) groups is 4. The highest BCUT2D eigenvalue weighted by molar-refractivity contribution is 7.86. The van der Waals surface area contributed by atoms with Crippen molar-refractivity contribution in [1.29, 1.82) is 0 Å². The van der Waals surface area contributed by atoms with E-state index >= 15 is 0 Å². The number of carbonyl (C=O) groups excluding carboxylic acids is 4. The summed E-state index contributed by atoms with van der Waals surface area (Å²) < 4.78 is 47.0. The summed E-state index contributed by atoms with van der Waals surface area (Å²) in [5.41, 5.74) is -3.79. The minimum Gasteiger partial charge on any atom is -0.464 e. The minimum atomic E-state index is -3.98. The first kappa shape index (κ1) is 25.8. The van der Waals surface area contributed by atoms with Gasteiger partial charge >= 0.3 is 11.9 Å². The molecule has 11 heteroatoms. The van der Waals surface area contributed by atoms with Gasteiger partial charge in [-0.05, 0) is 54.7 Å². The van der Waals surface area contributed by atoms with E-state index in [-0.39, 0.29) is 24.4 Å². The summed E-state index contributed by atoms with van der Waals surface area (Å²) in [5, 5.41) is 0. The molecule has 2 bridgehead atoms. The third-order valence-electron chi connectivity index (χ3n) is 9.14. The summed E-state index contributed by atoms with van der Waals surface area (Å²) in [4.78, 5) is 53.3. The molecule has 10 nitrogen and oxygen atoms in total. The molecule has 1 aromatic rings. The van der Waals surface area contributed by atoms with Crippen LogP contribution in [-0.4, -0.2) is 57.5 Å². The van der Waals surface area contributed by atoms with Crippen molar-refractivity contribution in [2.24, 2.45) is 34.0 Å². The lowest BCUT2D eigenvalue weighted by atomic mass is 9.43. The Morgan fingerprint density at radius 1 is 1.22 bits per heavy atom. The first-order valence-corrected chi connectivity index (χ1v) is 14.1. The predicted molar refractivity (Wildman–Crippen MR) is 126 cm³/mol. The Kier molecular flexibility index (Phi) is 5.84. The number of ether oxygens (including phenoxy) is 2. The molecule has 4 fully saturated rings. The summed E-state index contributed by atoms with van der Waals surface area (Å²) in [5.74, 6) is -4.75. The number of esters is 2. The highest BCUT2D eigenvalue weighted by Crippen LogP contribution is 2.68. The molecule has 0 unspecified atom stereocenters. The molecule has 0 N–H and O–H groups in total. The van der Waals surface area contributed by atoms with Crippen molar-refractivity contribution < 1.29 is 45.7 Å². The first-order valence-electron chi connectivity index (χ1n) is 12.3. The molecule has 5 rings (SSSR count). The van der Waals surface area contributed by atoms with Gasteiger partial charge in [-0.3, -0.25) is 13.8 Å². The zero-order valence-corrected chi connectivity index (χ0v) is 21.7. The Morgan fingerprint density at radius 2 is 1.95 bits per heavy atom. The number of cyclic esters (lactones) is 1. The maximum atomic E-state index is 13.9. The van der Waals surface area contributed by atoms with Gasteiger partial charge in [0.2, 0.25) is 5.76 Å². The maximum Gasteiger partial charge on any atom is 0.374 e. The molecule has 1 saturated heterocycles. The van der Waals surface area contributed by atoms with Gasteiger partial charge in [0.05, 0.1) is 18.6 Å². The van der Waals surface area contributed by atoms with Crippen LogP contribution in [0, 0.1) is 34.0 Å². The minimum absolute atomic E-state index is 0.0993. The first-order chi connectivity index (χ1) is 17.3. The van der Waals surface area contributed by atoms with Crippen LogP contribution in [0.2, 0.25) is 0 Å². The number of furan rings is 1. The van der Waals surface area contributed by atoms with E-state index in [4.69, 9.17) is 18.1 Å². The van der Waals surface area contributed by atoms with Crippen LogP contribution < -0.4 is 0 Å². The third-order valence-corrected chi connectivity index (χ3v) is 9.72. The SMILES string of the molecule is C=C1C(=O)[C@@]23C(=O)OC[C@]4([C@@H](OS(C)(=O)=O)CCC(C)(C)[C@H]4C=O)[C@@H]2CC[C@@H]1[C@H]3OC(=O)c1ccco1. The van der Waals surface area contributed by atoms with Crippen LogP contribution in [0.25, 0.3) is 0 Å². The summed E-state index contributed by atoms with van der Waals surface area (Å²) in [6.45, 7) is 7.42. The highest BCUT2D eigenvalue weighted by atomic mass is 32.2. The quantitative estimate of drug-likeness (QED) is 0.182. The molecule has 0 radical (unpaired) electrons. The van der Waals surface area contributed by atoms with E-state index in [0.717, 1.165) is 12.5 Å². The number of ketones is 1. The number of hydrogen-bond acceptors (Lipinski definition) is 10. The Morgan fingerprint density at radius 3 is 2.57 bits per heavy atom. The molecule has 2 spiro atoms. The highest BCUT2D eigenvalue weighted by Gasteiger charge is 2.79. The normalized spacial score (nSPS) is 38.7. The predicted octanol–water partition coefficient (Wildman–Crippen LogP) is 2.48. The van der Waals surface area contributed by atoms with Gasteiger partial charge in [0.15, 0.2) is 11.2 Å². The molecule has 1 aromatic heterocycles. The van der Waals surface area contributed by atoms with E-state index in [9.17, 15) is 27.6 Å². The lowest BCUT2D eigenvalue weighted by molar-refractivity contribution is -0.242. The summed E-state index contributed by atoms with van der Waals surface area (Å²) in [6, 6.07) is 2.91. The van der Waals surface area contributed by atoms with Gasteiger partial charge in [-0.2, -0.15) is 8.42 Å². The van der Waals surface area contributed by atoms with E-state index in [1.54, 1.807) is 0 Å². The summed E-state index contributed by atoms with van der Waals surface area (Å²) >= 11 is 0. The van der Waals surface area contributed by atoms with Crippen LogP contribution in [-0.2, 0) is 38.2 Å². The van der Waals surface area contributed by atoms with Crippen molar-refractivity contribution in [3.63, 3.8) is 0 Å². The average Bonchev–Trinajstić information content (AvgIpc) is 3.39. The Hall–Kier alpha value is -2.79. The molecule has 37 heavy (non-hydrogen) atoms. The second-order valence-corrected chi connectivity index (χ2v) is 13.0. The van der Waals surface area contributed by atoms with Crippen LogP contribution in [0.1, 0.15) is 50.1 Å². The molecule has 7 atom stereocenters. The number of aldehydes is 1. The number of fused-ring (bicyclic) bond motifs is 2. The molecule has 3 saturated carbocycles. The molecule has 2 heterocycles. The molecular weight excluding hydrogens is 504 g/mol. The van der Waals surface area contributed by atoms with Crippen LogP contribution in [0.4, 0.5) is 0 Å². The molecule has 0 aromatic carbocycles. The zero-order chi connectivity index (χ0) is 27.0. The van der Waals surface area contributed by atoms with Gasteiger partial charge in [-0.25, -0.2) is 4.79 Å². The molecule has 3 aliphatic carbocycles. The standard InChI is InChI=1S/C26H30O10S/c1-14-15-7-8-17-25(18(12-27)24(2,3)10-9-19(25)36-37(4,31)32)13-34-23(30)26(17,20(14)28)21(15)35-22(29)16-6-5-11-33-16/h5-6,11-12,15,17-19,21H,1,7-10,13H2,2-4H3/t15-,17-,18+,19-,21+,25-,26-/m0/s1. The van der Waals surface area contributed by atoms with Gasteiger partial charge in [-0.15, -0.1) is 0 Å². The van der Waals surface area contributed by atoms with Gasteiger partial charge in [-0.1, -0.05) is 20.4 Å². The average molecular weight is 535 g/mol. The summed E-state index contributed by atoms with van der Waals surface area (Å²) in [6.07, 6.45) is 2.10. The van der Waals surface area contributed by atoms with Gasteiger partial charge in [0, 0.05) is 17.3 Å². The largest absolute Gasteiger partial charge is 0.464 e. The molecule has 200 valence electrons. The topological polar surface area (TPSA) is 143 Å². The monoisotopic (exact) mass is 534 g/mol. The Bertz CT molecular complexity index is 1280. The van der Waals surface area contributed by atoms with Crippen molar-refractivity contribution in [3.05, 3.63) is 36.3 Å². The number of rotatable bonds is 5. The van der Waals surface area contributed by atoms with Crippen molar-refractivity contribution in [1.82, 2.24) is 0 Å². The third kappa shape index (κ3) is 3.49. The second-order valence-electron chi connectivity index (χ2n) is 11.4. The number of hydrogen-bond donors (Lipinski definition) is 0. The molecule has 0 amide bonds. The Balaban J connectivity index is 1.70. The van der Waals surface area contributed by atoms with E-state index in [2.05, 4.69) is 6.58 Å². The summed E-state index contributed by atoms with van der Waals surface area (Å²) in [7, 11) is -3.98. The fourth-order valence-electron chi connectivity index (χ4n) is 7.66. The lowest BCUT2D eigenvalue weighted by Crippen LogP contribution is -2.71. The van der Waals surface area contributed by atoms with E-state index in [1.807, 2.05) is 13.8 Å². The van der Waals surface area contributed by atoms with Crippen LogP contribution in [0.5, 0.6) is 0 Å². The van der Waals surface area contributed by atoms with Crippen molar-refractivity contribution >= 4 is 34.1 Å². The van der Waals surface area contributed by atoms with Gasteiger partial charge in [0.25, 0.3) is 10.1 Å². The van der Waals surface area contributed by atoms with E-state index < -0.39 is 74.0 Å².